The monoisotopic (exact) mass is 529 g/mol. The van der Waals surface area contributed by atoms with Crippen LogP contribution in [-0.2, 0) is 12.8 Å². The lowest BCUT2D eigenvalue weighted by Gasteiger charge is -2.10. The highest BCUT2D eigenvalue weighted by Crippen LogP contribution is 2.32. The lowest BCUT2D eigenvalue weighted by molar-refractivity contribution is 0.410. The van der Waals surface area contributed by atoms with Crippen molar-refractivity contribution in [1.29, 1.82) is 5.26 Å². The van der Waals surface area contributed by atoms with E-state index in [1.54, 1.807) is 6.07 Å². The molecule has 0 atom stereocenters. The van der Waals surface area contributed by atoms with Gasteiger partial charge >= 0.3 is 6.08 Å². The van der Waals surface area contributed by atoms with Crippen molar-refractivity contribution in [3.8, 4) is 28.3 Å². The zero-order chi connectivity index (χ0) is 27.6. The van der Waals surface area contributed by atoms with E-state index >= 15 is 0 Å². The summed E-state index contributed by atoms with van der Waals surface area (Å²) in [7, 11) is 0. The van der Waals surface area contributed by atoms with E-state index in [1.165, 1.54) is 36.4 Å². The SMILES string of the molecule is N#Cc1c(F)cc(-c2ccc(-c3ccc(CCc4ccc(C(F)=C(F)F)cc4F)cc3F)cc2F)cc1F. The summed E-state index contributed by atoms with van der Waals surface area (Å²) >= 11 is 0. The molecule has 0 fully saturated rings. The highest BCUT2D eigenvalue weighted by atomic mass is 19.3. The van der Waals surface area contributed by atoms with Crippen LogP contribution in [0.15, 0.2) is 72.8 Å². The fourth-order valence-electron chi connectivity index (χ4n) is 3.98. The Morgan fingerprint density at radius 3 is 1.79 bits per heavy atom. The molecular weight excluding hydrogens is 514 g/mol. The van der Waals surface area contributed by atoms with E-state index < -0.39 is 52.1 Å². The summed E-state index contributed by atoms with van der Waals surface area (Å²) in [6.45, 7) is 0. The van der Waals surface area contributed by atoms with Crippen LogP contribution < -0.4 is 0 Å². The number of halogens is 8. The molecule has 4 aromatic carbocycles. The predicted octanol–water partition coefficient (Wildman–Crippen LogP) is 8.91. The summed E-state index contributed by atoms with van der Waals surface area (Å²) < 4.78 is 110. The molecule has 0 aromatic heterocycles. The Labute approximate surface area is 211 Å². The summed E-state index contributed by atoms with van der Waals surface area (Å²) in [6.07, 6.45) is -2.30. The van der Waals surface area contributed by atoms with Crippen molar-refractivity contribution in [2.24, 2.45) is 0 Å². The van der Waals surface area contributed by atoms with E-state index in [4.69, 9.17) is 5.26 Å². The molecule has 1 nitrogen and oxygen atoms in total. The quantitative estimate of drug-likeness (QED) is 0.229. The number of benzene rings is 4. The van der Waals surface area contributed by atoms with E-state index in [1.807, 2.05) is 0 Å². The van der Waals surface area contributed by atoms with Gasteiger partial charge in [0, 0.05) is 16.7 Å². The van der Waals surface area contributed by atoms with Gasteiger partial charge in [0.15, 0.2) is 5.83 Å². The first kappa shape index (κ1) is 26.6. The molecule has 0 radical (unpaired) electrons. The zero-order valence-corrected chi connectivity index (χ0v) is 19.2. The van der Waals surface area contributed by atoms with E-state index in [9.17, 15) is 35.1 Å². The lowest BCUT2D eigenvalue weighted by Crippen LogP contribution is -1.98. The topological polar surface area (TPSA) is 23.8 Å². The van der Waals surface area contributed by atoms with Crippen LogP contribution in [0.4, 0.5) is 35.1 Å². The van der Waals surface area contributed by atoms with Crippen LogP contribution in [0.2, 0.25) is 0 Å². The molecular formula is C29H15F8N. The van der Waals surface area contributed by atoms with Crippen molar-refractivity contribution in [3.05, 3.63) is 124 Å². The van der Waals surface area contributed by atoms with Crippen molar-refractivity contribution in [2.75, 3.05) is 0 Å². The lowest BCUT2D eigenvalue weighted by atomic mass is 9.96. The molecule has 0 heterocycles. The smallest absolute Gasteiger partial charge is 0.207 e. The number of aryl methyl sites for hydroxylation is 2. The number of rotatable bonds is 6. The van der Waals surface area contributed by atoms with Crippen LogP contribution in [-0.4, -0.2) is 0 Å². The van der Waals surface area contributed by atoms with Gasteiger partial charge in [0.1, 0.15) is 40.7 Å². The van der Waals surface area contributed by atoms with Gasteiger partial charge in [-0.2, -0.15) is 14.0 Å². The van der Waals surface area contributed by atoms with E-state index in [-0.39, 0.29) is 40.7 Å². The second-order valence-corrected chi connectivity index (χ2v) is 8.32. The van der Waals surface area contributed by atoms with E-state index in [0.717, 1.165) is 24.3 Å². The minimum absolute atomic E-state index is 0.0439. The molecule has 0 saturated heterocycles. The average molecular weight is 529 g/mol. The molecule has 0 spiro atoms. The zero-order valence-electron chi connectivity index (χ0n) is 19.2. The highest BCUT2D eigenvalue weighted by molar-refractivity contribution is 5.72. The second kappa shape index (κ2) is 10.9. The van der Waals surface area contributed by atoms with Gasteiger partial charge in [0.2, 0.25) is 0 Å². The van der Waals surface area contributed by atoms with Crippen LogP contribution in [0.5, 0.6) is 0 Å². The molecule has 9 heteroatoms. The van der Waals surface area contributed by atoms with Gasteiger partial charge in [-0.15, -0.1) is 0 Å². The number of nitriles is 1. The molecule has 0 aliphatic heterocycles. The van der Waals surface area contributed by atoms with Crippen LogP contribution in [0.3, 0.4) is 0 Å². The molecule has 4 aromatic rings. The summed E-state index contributed by atoms with van der Waals surface area (Å²) in [5.74, 6) is -6.54. The maximum atomic E-state index is 14.9. The fourth-order valence-corrected chi connectivity index (χ4v) is 3.98. The van der Waals surface area contributed by atoms with Gasteiger partial charge in [-0.05, 0) is 65.4 Å². The fraction of sp³-hybridized carbons (Fsp3) is 0.0690. The van der Waals surface area contributed by atoms with Gasteiger partial charge < -0.3 is 0 Å². The number of nitrogens with zero attached hydrogens (tertiary/aromatic N) is 1. The highest BCUT2D eigenvalue weighted by Gasteiger charge is 2.16. The third-order valence-electron chi connectivity index (χ3n) is 5.93. The first-order valence-electron chi connectivity index (χ1n) is 11.1. The largest absolute Gasteiger partial charge is 0.306 e. The minimum Gasteiger partial charge on any atom is -0.207 e. The first-order chi connectivity index (χ1) is 18.1. The molecule has 38 heavy (non-hydrogen) atoms. The molecule has 0 aliphatic rings. The minimum atomic E-state index is -2.56. The standard InChI is InChI=1S/C29H15F8N/c30-23-11-18(28(35)29(36)37)5-4-16(23)3-1-15-2-7-20(24(31)9-15)17-6-8-21(25(32)10-17)19-12-26(33)22(14-38)27(34)13-19/h2,4-13H,1,3H2. The van der Waals surface area contributed by atoms with Crippen molar-refractivity contribution in [1.82, 2.24) is 0 Å². The van der Waals surface area contributed by atoms with Crippen molar-refractivity contribution >= 4 is 5.83 Å². The first-order valence-corrected chi connectivity index (χ1v) is 11.1. The van der Waals surface area contributed by atoms with Crippen LogP contribution >= 0.6 is 0 Å². The summed E-state index contributed by atoms with van der Waals surface area (Å²) in [5.41, 5.74) is -0.863. The van der Waals surface area contributed by atoms with Gasteiger partial charge in [0.25, 0.3) is 0 Å². The molecule has 0 bridgehead atoms. The number of hydrogen-bond donors (Lipinski definition) is 0. The summed E-state index contributed by atoms with van der Waals surface area (Å²) in [4.78, 5) is 0. The Morgan fingerprint density at radius 2 is 1.21 bits per heavy atom. The van der Waals surface area contributed by atoms with E-state index in [2.05, 4.69) is 0 Å². The van der Waals surface area contributed by atoms with Crippen molar-refractivity contribution < 1.29 is 35.1 Å². The van der Waals surface area contributed by atoms with Crippen LogP contribution in [0, 0.1) is 40.4 Å². The van der Waals surface area contributed by atoms with Crippen LogP contribution in [0.1, 0.15) is 22.3 Å². The number of hydrogen-bond acceptors (Lipinski definition) is 1. The Balaban J connectivity index is 1.53. The van der Waals surface area contributed by atoms with E-state index in [0.29, 0.717) is 11.6 Å². The third kappa shape index (κ3) is 5.44. The Morgan fingerprint density at radius 1 is 0.605 bits per heavy atom. The molecule has 192 valence electrons. The van der Waals surface area contributed by atoms with Gasteiger partial charge in [0.05, 0.1) is 0 Å². The molecule has 0 unspecified atom stereocenters. The second-order valence-electron chi connectivity index (χ2n) is 8.32. The maximum absolute atomic E-state index is 14.9. The Kier molecular flexibility index (Phi) is 7.62. The van der Waals surface area contributed by atoms with Gasteiger partial charge in [-0.1, -0.05) is 36.4 Å². The van der Waals surface area contributed by atoms with Gasteiger partial charge in [-0.3, -0.25) is 0 Å². The van der Waals surface area contributed by atoms with Crippen LogP contribution in [0.25, 0.3) is 28.1 Å². The van der Waals surface area contributed by atoms with Gasteiger partial charge in [-0.25, -0.2) is 26.3 Å². The molecule has 4 rings (SSSR count). The van der Waals surface area contributed by atoms with Crippen molar-refractivity contribution in [2.45, 2.75) is 12.8 Å². The van der Waals surface area contributed by atoms with Crippen molar-refractivity contribution in [3.63, 3.8) is 0 Å². The average Bonchev–Trinajstić information content (AvgIpc) is 2.87. The molecule has 0 aliphatic carbocycles. The maximum Gasteiger partial charge on any atom is 0.306 e. The molecule has 0 saturated carbocycles. The summed E-state index contributed by atoms with van der Waals surface area (Å²) in [5, 5.41) is 8.78. The molecule has 0 N–H and O–H groups in total. The third-order valence-corrected chi connectivity index (χ3v) is 5.93. The summed E-state index contributed by atoms with van der Waals surface area (Å²) in [6, 6.07) is 13.6. The predicted molar refractivity (Wildman–Crippen MR) is 126 cm³/mol. The molecule has 0 amide bonds. The Bertz CT molecular complexity index is 1590. The Hall–Kier alpha value is -4.45. The normalized spacial score (nSPS) is 10.8.